The van der Waals surface area contributed by atoms with Crippen LogP contribution in [0.1, 0.15) is 30.4 Å². The van der Waals surface area contributed by atoms with Crippen molar-refractivity contribution in [2.75, 3.05) is 26.2 Å². The Kier molecular flexibility index (Phi) is 6.33. The molecule has 0 radical (unpaired) electrons. The molecule has 6 nitrogen and oxygen atoms in total. The summed E-state index contributed by atoms with van der Waals surface area (Å²) in [5.41, 5.74) is 2.39. The maximum atomic E-state index is 12.6. The lowest BCUT2D eigenvalue weighted by Crippen LogP contribution is -2.45. The summed E-state index contributed by atoms with van der Waals surface area (Å²) in [6.07, 6.45) is 3.01. The summed E-state index contributed by atoms with van der Waals surface area (Å²) in [6, 6.07) is 17.8. The number of amides is 1. The van der Waals surface area contributed by atoms with Gasteiger partial charge < -0.3 is 14.7 Å². The van der Waals surface area contributed by atoms with E-state index in [-0.39, 0.29) is 18.6 Å². The maximum Gasteiger partial charge on any atom is 0.326 e. The van der Waals surface area contributed by atoms with E-state index in [9.17, 15) is 14.7 Å². The van der Waals surface area contributed by atoms with Crippen molar-refractivity contribution in [3.63, 3.8) is 0 Å². The highest BCUT2D eigenvalue weighted by atomic mass is 16.5. The number of likely N-dealkylation sites (tertiary alicyclic amines) is 2. The van der Waals surface area contributed by atoms with E-state index < -0.39 is 12.0 Å². The van der Waals surface area contributed by atoms with E-state index in [4.69, 9.17) is 4.74 Å². The molecule has 0 aliphatic carbocycles. The zero-order valence-electron chi connectivity index (χ0n) is 17.1. The highest BCUT2D eigenvalue weighted by Crippen LogP contribution is 2.25. The number of carbonyl (C=O) groups is 2. The molecule has 0 aromatic heterocycles. The highest BCUT2D eigenvalue weighted by molar-refractivity contribution is 5.85. The Morgan fingerprint density at radius 3 is 2.57 bits per heavy atom. The van der Waals surface area contributed by atoms with E-state index in [2.05, 4.69) is 23.1 Å². The lowest BCUT2D eigenvalue weighted by molar-refractivity contribution is -0.148. The van der Waals surface area contributed by atoms with E-state index in [1.807, 2.05) is 36.4 Å². The molecule has 2 aliphatic rings. The second kappa shape index (κ2) is 9.30. The van der Waals surface area contributed by atoms with Gasteiger partial charge in [0.2, 0.25) is 5.91 Å². The fourth-order valence-corrected chi connectivity index (χ4v) is 4.40. The van der Waals surface area contributed by atoms with Gasteiger partial charge in [-0.3, -0.25) is 9.69 Å². The van der Waals surface area contributed by atoms with Gasteiger partial charge in [0.25, 0.3) is 0 Å². The van der Waals surface area contributed by atoms with Crippen LogP contribution in [0.5, 0.6) is 5.75 Å². The van der Waals surface area contributed by atoms with Crippen molar-refractivity contribution in [1.82, 2.24) is 9.80 Å². The molecule has 2 aromatic carbocycles. The predicted molar refractivity (Wildman–Crippen MR) is 114 cm³/mol. The molecule has 2 aliphatic heterocycles. The minimum Gasteiger partial charge on any atom is -0.489 e. The van der Waals surface area contributed by atoms with Crippen LogP contribution >= 0.6 is 0 Å². The average Bonchev–Trinajstić information content (AvgIpc) is 3.40. The van der Waals surface area contributed by atoms with Crippen molar-refractivity contribution in [3.8, 4) is 5.75 Å². The van der Waals surface area contributed by atoms with Gasteiger partial charge in [-0.2, -0.15) is 0 Å². The molecule has 4 rings (SSSR count). The quantitative estimate of drug-likeness (QED) is 0.763. The normalized spacial score (nSPS) is 21.7. The van der Waals surface area contributed by atoms with Crippen LogP contribution in [0.4, 0.5) is 0 Å². The number of carboxylic acids is 1. The first-order chi connectivity index (χ1) is 14.6. The fraction of sp³-hybridized carbons (Fsp3) is 0.417. The maximum absolute atomic E-state index is 12.6. The number of para-hydroxylation sites is 1. The van der Waals surface area contributed by atoms with Gasteiger partial charge in [0.05, 0.1) is 6.54 Å². The number of ether oxygens (including phenoxy) is 1. The van der Waals surface area contributed by atoms with Gasteiger partial charge in [-0.25, -0.2) is 4.79 Å². The Morgan fingerprint density at radius 2 is 1.77 bits per heavy atom. The smallest absolute Gasteiger partial charge is 0.326 e. The lowest BCUT2D eigenvalue weighted by Gasteiger charge is -2.24. The summed E-state index contributed by atoms with van der Waals surface area (Å²) in [5, 5.41) is 9.30. The minimum absolute atomic E-state index is 0.0311. The van der Waals surface area contributed by atoms with E-state index in [0.717, 1.165) is 37.1 Å². The third-order valence-corrected chi connectivity index (χ3v) is 5.95. The zero-order valence-corrected chi connectivity index (χ0v) is 17.1. The van der Waals surface area contributed by atoms with Crippen molar-refractivity contribution >= 4 is 11.9 Å². The fourth-order valence-electron chi connectivity index (χ4n) is 4.40. The largest absolute Gasteiger partial charge is 0.489 e. The molecule has 0 saturated carbocycles. The molecule has 1 amide bonds. The number of carboxylic acid groups (broad SMARTS) is 1. The van der Waals surface area contributed by atoms with Crippen LogP contribution in [0.15, 0.2) is 54.6 Å². The molecule has 2 atom stereocenters. The molecule has 2 fully saturated rings. The van der Waals surface area contributed by atoms with Crippen LogP contribution in [0.2, 0.25) is 0 Å². The first-order valence-electron chi connectivity index (χ1n) is 10.6. The Labute approximate surface area is 177 Å². The van der Waals surface area contributed by atoms with Gasteiger partial charge in [-0.1, -0.05) is 48.5 Å². The molecule has 2 aromatic rings. The molecule has 1 N–H and O–H groups in total. The standard InChI is InChI=1S/C24H28N2O4/c27-23(26-13-6-10-21(26)24(28)29)17-25-14-12-20(16-25)30-22-11-5-4-9-19(22)15-18-7-2-1-3-8-18/h1-5,7-9,11,20-21H,6,10,12-17H2,(H,28,29)/t20-,21-/m0/s1. The van der Waals surface area contributed by atoms with E-state index in [0.29, 0.717) is 19.5 Å². The Hall–Kier alpha value is -2.86. The molecular formula is C24H28N2O4. The topological polar surface area (TPSA) is 70.1 Å². The van der Waals surface area contributed by atoms with Gasteiger partial charge in [0, 0.05) is 26.1 Å². The van der Waals surface area contributed by atoms with Gasteiger partial charge in [0.1, 0.15) is 17.9 Å². The van der Waals surface area contributed by atoms with Crippen LogP contribution in [-0.2, 0) is 16.0 Å². The lowest BCUT2D eigenvalue weighted by atomic mass is 10.0. The summed E-state index contributed by atoms with van der Waals surface area (Å²) >= 11 is 0. The van der Waals surface area contributed by atoms with Crippen molar-refractivity contribution in [3.05, 3.63) is 65.7 Å². The Morgan fingerprint density at radius 1 is 1.00 bits per heavy atom. The third-order valence-electron chi connectivity index (χ3n) is 5.95. The minimum atomic E-state index is -0.904. The van der Waals surface area contributed by atoms with Crippen LogP contribution < -0.4 is 4.74 Å². The van der Waals surface area contributed by atoms with Crippen molar-refractivity contribution in [1.29, 1.82) is 0 Å². The second-order valence-electron chi connectivity index (χ2n) is 8.12. The first kappa shape index (κ1) is 20.4. The molecule has 0 unspecified atom stereocenters. The van der Waals surface area contributed by atoms with Gasteiger partial charge >= 0.3 is 5.97 Å². The number of carbonyl (C=O) groups excluding carboxylic acids is 1. The summed E-state index contributed by atoms with van der Waals surface area (Å²) in [6.45, 7) is 2.26. The van der Waals surface area contributed by atoms with E-state index >= 15 is 0 Å². The number of aliphatic carboxylic acids is 1. The summed E-state index contributed by atoms with van der Waals surface area (Å²) in [4.78, 5) is 27.6. The Bertz CT molecular complexity index is 886. The summed E-state index contributed by atoms with van der Waals surface area (Å²) in [5.74, 6) is -0.103. The van der Waals surface area contributed by atoms with E-state index in [1.54, 1.807) is 0 Å². The van der Waals surface area contributed by atoms with Gasteiger partial charge in [-0.15, -0.1) is 0 Å². The van der Waals surface area contributed by atoms with Crippen molar-refractivity contribution < 1.29 is 19.4 Å². The van der Waals surface area contributed by atoms with Crippen molar-refractivity contribution in [2.24, 2.45) is 0 Å². The highest BCUT2D eigenvalue weighted by Gasteiger charge is 2.35. The molecule has 0 bridgehead atoms. The van der Waals surface area contributed by atoms with Crippen LogP contribution in [0.25, 0.3) is 0 Å². The third kappa shape index (κ3) is 4.82. The molecule has 2 saturated heterocycles. The second-order valence-corrected chi connectivity index (χ2v) is 8.12. The summed E-state index contributed by atoms with van der Waals surface area (Å²) < 4.78 is 6.31. The van der Waals surface area contributed by atoms with Crippen molar-refractivity contribution in [2.45, 2.75) is 37.8 Å². The van der Waals surface area contributed by atoms with Gasteiger partial charge in [0.15, 0.2) is 0 Å². The Balaban J connectivity index is 1.33. The molecular weight excluding hydrogens is 380 g/mol. The number of rotatable bonds is 7. The van der Waals surface area contributed by atoms with Crippen LogP contribution in [-0.4, -0.2) is 65.1 Å². The number of hydrogen-bond acceptors (Lipinski definition) is 4. The molecule has 0 spiro atoms. The monoisotopic (exact) mass is 408 g/mol. The zero-order chi connectivity index (χ0) is 20.9. The van der Waals surface area contributed by atoms with Crippen LogP contribution in [0, 0.1) is 0 Å². The van der Waals surface area contributed by atoms with Crippen LogP contribution in [0.3, 0.4) is 0 Å². The average molecular weight is 408 g/mol. The predicted octanol–water partition coefficient (Wildman–Crippen LogP) is 2.81. The molecule has 158 valence electrons. The molecule has 2 heterocycles. The molecule has 30 heavy (non-hydrogen) atoms. The van der Waals surface area contributed by atoms with E-state index in [1.165, 1.54) is 10.5 Å². The van der Waals surface area contributed by atoms with Gasteiger partial charge in [-0.05, 0) is 36.5 Å². The number of hydrogen-bond donors (Lipinski definition) is 1. The summed E-state index contributed by atoms with van der Waals surface area (Å²) in [7, 11) is 0. The number of benzene rings is 2. The number of nitrogens with zero attached hydrogens (tertiary/aromatic N) is 2. The first-order valence-corrected chi connectivity index (χ1v) is 10.6. The SMILES string of the molecule is O=C(O)[C@@H]1CCCN1C(=O)CN1CC[C@H](Oc2ccccc2Cc2ccccc2)C1. The molecule has 6 heteroatoms.